The van der Waals surface area contributed by atoms with Crippen LogP contribution in [0.15, 0.2) is 61.3 Å². The molecule has 0 saturated carbocycles. The number of rotatable bonds is 5. The Morgan fingerprint density at radius 3 is 2.57 bits per heavy atom. The number of carbonyl (C=O) groups is 1. The fourth-order valence-corrected chi connectivity index (χ4v) is 2.24. The first-order valence-corrected chi connectivity index (χ1v) is 7.45. The van der Waals surface area contributed by atoms with E-state index >= 15 is 0 Å². The van der Waals surface area contributed by atoms with Crippen LogP contribution in [0.1, 0.15) is 27.2 Å². The van der Waals surface area contributed by atoms with E-state index in [-0.39, 0.29) is 5.91 Å². The second kappa shape index (κ2) is 6.87. The standard InChI is InChI=1S/C18H18N4O/c1-14-2-7-17(11-20-14)18(23)21-10-15-3-5-16(6-4-15)12-22-9-8-19-13-22/h2-9,11,13H,10,12H2,1H3,(H,21,23). The lowest BCUT2D eigenvalue weighted by Gasteiger charge is -2.07. The van der Waals surface area contributed by atoms with Crippen LogP contribution in [-0.4, -0.2) is 20.4 Å². The molecule has 0 saturated heterocycles. The van der Waals surface area contributed by atoms with E-state index in [1.807, 2.05) is 35.9 Å². The van der Waals surface area contributed by atoms with Gasteiger partial charge < -0.3 is 9.88 Å². The molecule has 5 heteroatoms. The zero-order valence-electron chi connectivity index (χ0n) is 12.9. The van der Waals surface area contributed by atoms with Gasteiger partial charge in [-0.25, -0.2) is 4.98 Å². The van der Waals surface area contributed by atoms with E-state index in [1.54, 1.807) is 24.8 Å². The zero-order chi connectivity index (χ0) is 16.1. The van der Waals surface area contributed by atoms with Crippen LogP contribution in [-0.2, 0) is 13.1 Å². The average molecular weight is 306 g/mol. The predicted octanol–water partition coefficient (Wildman–Crippen LogP) is 2.56. The third kappa shape index (κ3) is 4.03. The van der Waals surface area contributed by atoms with Crippen molar-refractivity contribution >= 4 is 5.91 Å². The summed E-state index contributed by atoms with van der Waals surface area (Å²) in [6.45, 7) is 3.19. The minimum absolute atomic E-state index is 0.111. The second-order valence-electron chi connectivity index (χ2n) is 5.42. The first-order valence-electron chi connectivity index (χ1n) is 7.45. The summed E-state index contributed by atoms with van der Waals surface area (Å²) in [5, 5.41) is 2.91. The highest BCUT2D eigenvalue weighted by molar-refractivity contribution is 5.93. The molecule has 0 spiro atoms. The van der Waals surface area contributed by atoms with Gasteiger partial charge in [-0.3, -0.25) is 9.78 Å². The summed E-state index contributed by atoms with van der Waals surface area (Å²) in [5.41, 5.74) is 3.73. The van der Waals surface area contributed by atoms with Crippen LogP contribution >= 0.6 is 0 Å². The molecule has 1 aromatic carbocycles. The Morgan fingerprint density at radius 2 is 1.91 bits per heavy atom. The highest BCUT2D eigenvalue weighted by Crippen LogP contribution is 2.07. The fourth-order valence-electron chi connectivity index (χ4n) is 2.24. The Hall–Kier alpha value is -2.95. The molecule has 1 N–H and O–H groups in total. The Morgan fingerprint density at radius 1 is 1.13 bits per heavy atom. The van der Waals surface area contributed by atoms with Crippen molar-refractivity contribution < 1.29 is 4.79 Å². The van der Waals surface area contributed by atoms with Crippen molar-refractivity contribution in [3.05, 3.63) is 83.7 Å². The number of aromatic nitrogens is 3. The van der Waals surface area contributed by atoms with Gasteiger partial charge in [0.05, 0.1) is 11.9 Å². The maximum Gasteiger partial charge on any atom is 0.253 e. The van der Waals surface area contributed by atoms with Gasteiger partial charge >= 0.3 is 0 Å². The number of pyridine rings is 1. The molecule has 1 amide bonds. The summed E-state index contributed by atoms with van der Waals surface area (Å²) in [5.74, 6) is -0.111. The SMILES string of the molecule is Cc1ccc(C(=O)NCc2ccc(Cn3ccnc3)cc2)cn1. The van der Waals surface area contributed by atoms with E-state index in [9.17, 15) is 4.79 Å². The quantitative estimate of drug-likeness (QED) is 0.788. The topological polar surface area (TPSA) is 59.8 Å². The molecule has 0 aliphatic carbocycles. The van der Waals surface area contributed by atoms with Gasteiger partial charge in [-0.1, -0.05) is 24.3 Å². The summed E-state index contributed by atoms with van der Waals surface area (Å²) in [6, 6.07) is 11.8. The summed E-state index contributed by atoms with van der Waals surface area (Å²) < 4.78 is 2.02. The first kappa shape index (κ1) is 15.0. The number of nitrogens with zero attached hydrogens (tertiary/aromatic N) is 3. The van der Waals surface area contributed by atoms with Crippen LogP contribution in [0, 0.1) is 6.92 Å². The maximum absolute atomic E-state index is 12.0. The van der Waals surface area contributed by atoms with Crippen LogP contribution in [0.5, 0.6) is 0 Å². The van der Waals surface area contributed by atoms with E-state index in [0.29, 0.717) is 12.1 Å². The Kier molecular flexibility index (Phi) is 4.47. The number of hydrogen-bond acceptors (Lipinski definition) is 3. The van der Waals surface area contributed by atoms with Crippen molar-refractivity contribution in [2.45, 2.75) is 20.0 Å². The van der Waals surface area contributed by atoms with Crippen molar-refractivity contribution in [3.8, 4) is 0 Å². The molecular weight excluding hydrogens is 288 g/mol. The molecule has 3 rings (SSSR count). The highest BCUT2D eigenvalue weighted by atomic mass is 16.1. The minimum atomic E-state index is -0.111. The highest BCUT2D eigenvalue weighted by Gasteiger charge is 2.05. The summed E-state index contributed by atoms with van der Waals surface area (Å²) in [4.78, 5) is 20.2. The van der Waals surface area contributed by atoms with Gasteiger partial charge in [-0.15, -0.1) is 0 Å². The largest absolute Gasteiger partial charge is 0.348 e. The van der Waals surface area contributed by atoms with Gasteiger partial charge in [0.25, 0.3) is 5.91 Å². The Bertz CT molecular complexity index is 762. The average Bonchev–Trinajstić information content (AvgIpc) is 3.07. The van der Waals surface area contributed by atoms with E-state index in [1.165, 1.54) is 5.56 Å². The molecule has 23 heavy (non-hydrogen) atoms. The monoisotopic (exact) mass is 306 g/mol. The lowest BCUT2D eigenvalue weighted by molar-refractivity contribution is 0.0950. The number of hydrogen-bond donors (Lipinski definition) is 1. The molecule has 0 bridgehead atoms. The Balaban J connectivity index is 1.56. The Labute approximate surface area is 135 Å². The van der Waals surface area contributed by atoms with E-state index < -0.39 is 0 Å². The maximum atomic E-state index is 12.0. The van der Waals surface area contributed by atoms with Gasteiger partial charge in [0.15, 0.2) is 0 Å². The molecule has 0 aliphatic rings. The molecule has 0 unspecified atom stereocenters. The molecule has 0 atom stereocenters. The molecule has 0 fully saturated rings. The number of amides is 1. The molecule has 2 heterocycles. The van der Waals surface area contributed by atoms with Crippen LogP contribution in [0.3, 0.4) is 0 Å². The van der Waals surface area contributed by atoms with E-state index in [0.717, 1.165) is 17.8 Å². The third-order valence-corrected chi connectivity index (χ3v) is 3.57. The number of carbonyl (C=O) groups excluding carboxylic acids is 1. The van der Waals surface area contributed by atoms with Crippen LogP contribution < -0.4 is 5.32 Å². The van der Waals surface area contributed by atoms with Crippen LogP contribution in [0.25, 0.3) is 0 Å². The smallest absolute Gasteiger partial charge is 0.253 e. The molecule has 0 radical (unpaired) electrons. The van der Waals surface area contributed by atoms with Gasteiger partial charge in [0.2, 0.25) is 0 Å². The van der Waals surface area contributed by atoms with Crippen molar-refractivity contribution in [2.75, 3.05) is 0 Å². The van der Waals surface area contributed by atoms with Crippen LogP contribution in [0.2, 0.25) is 0 Å². The number of benzene rings is 1. The van der Waals surface area contributed by atoms with Gasteiger partial charge in [-0.2, -0.15) is 0 Å². The van der Waals surface area contributed by atoms with Gasteiger partial charge in [0, 0.05) is 37.4 Å². The molecule has 5 nitrogen and oxygen atoms in total. The summed E-state index contributed by atoms with van der Waals surface area (Å²) in [7, 11) is 0. The van der Waals surface area contributed by atoms with E-state index in [4.69, 9.17) is 0 Å². The molecule has 2 aromatic heterocycles. The second-order valence-corrected chi connectivity index (χ2v) is 5.42. The van der Waals surface area contributed by atoms with Crippen molar-refractivity contribution in [2.24, 2.45) is 0 Å². The number of aryl methyl sites for hydroxylation is 1. The lowest BCUT2D eigenvalue weighted by Crippen LogP contribution is -2.22. The lowest BCUT2D eigenvalue weighted by atomic mass is 10.1. The number of nitrogens with one attached hydrogen (secondary N) is 1. The number of imidazole rings is 1. The van der Waals surface area contributed by atoms with Gasteiger partial charge in [0.1, 0.15) is 0 Å². The third-order valence-electron chi connectivity index (χ3n) is 3.57. The normalized spacial score (nSPS) is 10.5. The minimum Gasteiger partial charge on any atom is -0.348 e. The zero-order valence-corrected chi connectivity index (χ0v) is 12.9. The summed E-state index contributed by atoms with van der Waals surface area (Å²) in [6.07, 6.45) is 7.09. The molecule has 0 aliphatic heterocycles. The molecule has 116 valence electrons. The molecule has 3 aromatic rings. The molecular formula is C18H18N4O. The van der Waals surface area contributed by atoms with Crippen molar-refractivity contribution in [3.63, 3.8) is 0 Å². The van der Waals surface area contributed by atoms with Crippen molar-refractivity contribution in [1.82, 2.24) is 19.9 Å². The fraction of sp³-hybridized carbons (Fsp3) is 0.167. The predicted molar refractivity (Wildman–Crippen MR) is 87.9 cm³/mol. The van der Waals surface area contributed by atoms with E-state index in [2.05, 4.69) is 27.4 Å². The van der Waals surface area contributed by atoms with Crippen LogP contribution in [0.4, 0.5) is 0 Å². The van der Waals surface area contributed by atoms with Gasteiger partial charge in [-0.05, 0) is 30.2 Å². The first-order chi connectivity index (χ1) is 11.2. The summed E-state index contributed by atoms with van der Waals surface area (Å²) >= 11 is 0. The van der Waals surface area contributed by atoms with Crippen molar-refractivity contribution in [1.29, 1.82) is 0 Å².